The minimum atomic E-state index is 0. The van der Waals surface area contributed by atoms with Crippen molar-refractivity contribution in [1.82, 2.24) is 15.5 Å². The maximum Gasteiger partial charge on any atom is 0.222 e. The van der Waals surface area contributed by atoms with E-state index in [1.165, 1.54) is 5.56 Å². The molecule has 1 unspecified atom stereocenters. The first-order chi connectivity index (χ1) is 13.3. The van der Waals surface area contributed by atoms with E-state index in [4.69, 9.17) is 4.74 Å². The summed E-state index contributed by atoms with van der Waals surface area (Å²) < 4.78 is 5.82. The number of hydrogen-bond donors (Lipinski definition) is 2. The fourth-order valence-electron chi connectivity index (χ4n) is 3.21. The Balaban J connectivity index is 0.00000420. The van der Waals surface area contributed by atoms with E-state index in [9.17, 15) is 4.79 Å². The molecule has 1 heterocycles. The van der Waals surface area contributed by atoms with Crippen LogP contribution in [0.5, 0.6) is 5.75 Å². The fourth-order valence-corrected chi connectivity index (χ4v) is 3.21. The predicted molar refractivity (Wildman–Crippen MR) is 130 cm³/mol. The molecular formula is C22H37IN4O2. The Bertz CT molecular complexity index is 656. The van der Waals surface area contributed by atoms with Crippen LogP contribution in [0.3, 0.4) is 0 Å². The molecule has 1 aliphatic rings. The molecule has 2 rings (SSSR count). The quantitative estimate of drug-likeness (QED) is 0.252. The van der Waals surface area contributed by atoms with E-state index in [2.05, 4.69) is 48.5 Å². The van der Waals surface area contributed by atoms with Crippen molar-refractivity contribution in [2.45, 2.75) is 58.9 Å². The number of hydrogen-bond acceptors (Lipinski definition) is 3. The number of carbonyl (C=O) groups is 1. The second-order valence-electron chi connectivity index (χ2n) is 8.21. The molecule has 1 amide bonds. The first-order valence-corrected chi connectivity index (χ1v) is 10.4. The smallest absolute Gasteiger partial charge is 0.222 e. The molecule has 0 bridgehead atoms. The number of carbonyl (C=O) groups excluding carboxylic acids is 1. The number of rotatable bonds is 7. The van der Waals surface area contributed by atoms with E-state index in [0.29, 0.717) is 19.6 Å². The number of ether oxygens (including phenoxy) is 1. The number of halogens is 1. The predicted octanol–water partition coefficient (Wildman–Crippen LogP) is 3.55. The Morgan fingerprint density at radius 3 is 2.52 bits per heavy atom. The molecule has 1 atom stereocenters. The number of likely N-dealkylation sites (tertiary alicyclic amines) is 1. The standard InChI is InChI=1S/C22H36N4O2.HI/c1-6-20(27)26-14-12-18(16-26)25-21(23-7-2)24-13-15-28-19-10-8-17(9-11-19)22(3,4)5;/h8-11,18H,6-7,12-16H2,1-5H3,(H2,23,24,25);1H. The van der Waals surface area contributed by atoms with Gasteiger partial charge in [0, 0.05) is 32.1 Å². The highest BCUT2D eigenvalue weighted by molar-refractivity contribution is 14.0. The van der Waals surface area contributed by atoms with Crippen LogP contribution >= 0.6 is 24.0 Å². The highest BCUT2D eigenvalue weighted by Gasteiger charge is 2.25. The van der Waals surface area contributed by atoms with Crippen molar-refractivity contribution < 1.29 is 9.53 Å². The van der Waals surface area contributed by atoms with Gasteiger partial charge in [0.15, 0.2) is 5.96 Å². The molecule has 1 aromatic carbocycles. The molecule has 164 valence electrons. The van der Waals surface area contributed by atoms with E-state index in [1.54, 1.807) is 0 Å². The van der Waals surface area contributed by atoms with Crippen molar-refractivity contribution in [3.8, 4) is 5.75 Å². The largest absolute Gasteiger partial charge is 0.492 e. The van der Waals surface area contributed by atoms with Crippen LogP contribution in [-0.4, -0.2) is 55.6 Å². The molecule has 1 fully saturated rings. The van der Waals surface area contributed by atoms with Gasteiger partial charge < -0.3 is 20.3 Å². The number of benzene rings is 1. The number of amides is 1. The maximum absolute atomic E-state index is 11.8. The van der Waals surface area contributed by atoms with E-state index in [-0.39, 0.29) is 41.3 Å². The summed E-state index contributed by atoms with van der Waals surface area (Å²) in [6.45, 7) is 14.0. The summed E-state index contributed by atoms with van der Waals surface area (Å²) in [4.78, 5) is 18.4. The van der Waals surface area contributed by atoms with E-state index in [0.717, 1.165) is 37.8 Å². The van der Waals surface area contributed by atoms with Gasteiger partial charge in [0.1, 0.15) is 12.4 Å². The summed E-state index contributed by atoms with van der Waals surface area (Å²) in [6, 6.07) is 8.53. The van der Waals surface area contributed by atoms with E-state index < -0.39 is 0 Å². The number of nitrogens with one attached hydrogen (secondary N) is 2. The topological polar surface area (TPSA) is 66.0 Å². The van der Waals surface area contributed by atoms with Gasteiger partial charge in [0.05, 0.1) is 6.54 Å². The third kappa shape index (κ3) is 8.40. The van der Waals surface area contributed by atoms with Crippen LogP contribution in [-0.2, 0) is 10.2 Å². The molecule has 1 aromatic rings. The van der Waals surface area contributed by atoms with Gasteiger partial charge in [0.25, 0.3) is 0 Å². The van der Waals surface area contributed by atoms with Crippen molar-refractivity contribution in [2.75, 3.05) is 32.8 Å². The van der Waals surface area contributed by atoms with E-state index >= 15 is 0 Å². The van der Waals surface area contributed by atoms with Gasteiger partial charge in [0.2, 0.25) is 5.91 Å². The third-order valence-corrected chi connectivity index (χ3v) is 4.88. The molecule has 0 aromatic heterocycles. The van der Waals surface area contributed by atoms with Crippen LogP contribution in [0.1, 0.15) is 53.0 Å². The van der Waals surface area contributed by atoms with Crippen LogP contribution in [0.15, 0.2) is 29.3 Å². The molecule has 0 aliphatic carbocycles. The number of aliphatic imine (C=N–C) groups is 1. The van der Waals surface area contributed by atoms with Crippen LogP contribution in [0, 0.1) is 0 Å². The second-order valence-corrected chi connectivity index (χ2v) is 8.21. The van der Waals surface area contributed by atoms with Crippen LogP contribution < -0.4 is 15.4 Å². The van der Waals surface area contributed by atoms with Crippen molar-refractivity contribution >= 4 is 35.8 Å². The zero-order chi connectivity index (χ0) is 20.6. The first kappa shape index (κ1) is 25.5. The maximum atomic E-state index is 11.8. The van der Waals surface area contributed by atoms with Crippen LogP contribution in [0.25, 0.3) is 0 Å². The highest BCUT2D eigenvalue weighted by atomic mass is 127. The molecule has 6 nitrogen and oxygen atoms in total. The fraction of sp³-hybridized carbons (Fsp3) is 0.636. The van der Waals surface area contributed by atoms with Crippen molar-refractivity contribution in [2.24, 2.45) is 4.99 Å². The van der Waals surface area contributed by atoms with Crippen molar-refractivity contribution in [1.29, 1.82) is 0 Å². The van der Waals surface area contributed by atoms with Crippen LogP contribution in [0.2, 0.25) is 0 Å². The first-order valence-electron chi connectivity index (χ1n) is 10.4. The van der Waals surface area contributed by atoms with Crippen LogP contribution in [0.4, 0.5) is 0 Å². The van der Waals surface area contributed by atoms with Gasteiger partial charge in [-0.2, -0.15) is 0 Å². The lowest BCUT2D eigenvalue weighted by molar-refractivity contribution is -0.129. The lowest BCUT2D eigenvalue weighted by Gasteiger charge is -2.19. The molecule has 1 aliphatic heterocycles. The summed E-state index contributed by atoms with van der Waals surface area (Å²) in [7, 11) is 0. The van der Waals surface area contributed by atoms with Gasteiger partial charge in [-0.3, -0.25) is 4.79 Å². The van der Waals surface area contributed by atoms with Gasteiger partial charge in [-0.1, -0.05) is 39.8 Å². The van der Waals surface area contributed by atoms with E-state index in [1.807, 2.05) is 30.9 Å². The molecule has 29 heavy (non-hydrogen) atoms. The summed E-state index contributed by atoms with van der Waals surface area (Å²) >= 11 is 0. The summed E-state index contributed by atoms with van der Waals surface area (Å²) in [5.74, 6) is 1.87. The summed E-state index contributed by atoms with van der Waals surface area (Å²) in [5.41, 5.74) is 1.44. The monoisotopic (exact) mass is 516 g/mol. The van der Waals surface area contributed by atoms with Gasteiger partial charge in [-0.05, 0) is 36.5 Å². The van der Waals surface area contributed by atoms with Crippen molar-refractivity contribution in [3.05, 3.63) is 29.8 Å². The minimum Gasteiger partial charge on any atom is -0.492 e. The second kappa shape index (κ2) is 12.2. The average Bonchev–Trinajstić information content (AvgIpc) is 3.13. The molecule has 2 N–H and O–H groups in total. The molecule has 0 saturated carbocycles. The van der Waals surface area contributed by atoms with Gasteiger partial charge >= 0.3 is 0 Å². The average molecular weight is 516 g/mol. The molecule has 0 radical (unpaired) electrons. The number of guanidine groups is 1. The molecule has 1 saturated heterocycles. The Kier molecular flexibility index (Phi) is 10.8. The van der Waals surface area contributed by atoms with Crippen molar-refractivity contribution in [3.63, 3.8) is 0 Å². The highest BCUT2D eigenvalue weighted by Crippen LogP contribution is 2.24. The lowest BCUT2D eigenvalue weighted by atomic mass is 9.87. The minimum absolute atomic E-state index is 0. The van der Waals surface area contributed by atoms with Gasteiger partial charge in [-0.25, -0.2) is 4.99 Å². The van der Waals surface area contributed by atoms with Gasteiger partial charge in [-0.15, -0.1) is 24.0 Å². The number of nitrogens with zero attached hydrogens (tertiary/aromatic N) is 2. The molecule has 7 heteroatoms. The normalized spacial score (nSPS) is 16.9. The Morgan fingerprint density at radius 2 is 1.93 bits per heavy atom. The Hall–Kier alpha value is -1.51. The lowest BCUT2D eigenvalue weighted by Crippen LogP contribution is -2.45. The Labute approximate surface area is 192 Å². The molecule has 0 spiro atoms. The summed E-state index contributed by atoms with van der Waals surface area (Å²) in [5, 5.41) is 6.71. The molecular weight excluding hydrogens is 479 g/mol. The zero-order valence-electron chi connectivity index (χ0n) is 18.5. The zero-order valence-corrected chi connectivity index (χ0v) is 20.8. The summed E-state index contributed by atoms with van der Waals surface area (Å²) in [6.07, 6.45) is 1.52. The third-order valence-electron chi connectivity index (χ3n) is 4.88. The Morgan fingerprint density at radius 1 is 1.24 bits per heavy atom. The SMILES string of the molecule is CCNC(=NCCOc1ccc(C(C)(C)C)cc1)NC1CCN(C(=O)CC)C1.I.